The molecule has 3 amide bonds. The van der Waals surface area contributed by atoms with Crippen molar-refractivity contribution in [2.45, 2.75) is 27.2 Å². The van der Waals surface area contributed by atoms with Gasteiger partial charge >= 0.3 is 0 Å². The van der Waals surface area contributed by atoms with Crippen molar-refractivity contribution in [2.75, 3.05) is 56.6 Å². The molecule has 8 heteroatoms. The van der Waals surface area contributed by atoms with Crippen LogP contribution in [0.3, 0.4) is 0 Å². The van der Waals surface area contributed by atoms with Crippen molar-refractivity contribution in [3.05, 3.63) is 89.0 Å². The number of hydrogen-bond acceptors (Lipinski definition) is 5. The van der Waals surface area contributed by atoms with Gasteiger partial charge in [0.25, 0.3) is 17.7 Å². The first kappa shape index (κ1) is 28.7. The number of aryl methyl sites for hydroxylation is 1. The van der Waals surface area contributed by atoms with Gasteiger partial charge in [0, 0.05) is 61.8 Å². The molecular weight excluding hydrogens is 504 g/mol. The molecule has 0 saturated carbocycles. The Morgan fingerprint density at radius 1 is 0.850 bits per heavy atom. The molecule has 210 valence electrons. The number of amides is 3. The third-order valence-corrected chi connectivity index (χ3v) is 7.31. The van der Waals surface area contributed by atoms with Gasteiger partial charge in [-0.15, -0.1) is 0 Å². The van der Waals surface area contributed by atoms with Gasteiger partial charge in [-0.1, -0.05) is 17.7 Å². The first-order chi connectivity index (χ1) is 19.3. The minimum Gasteiger partial charge on any atom is -0.497 e. The molecule has 1 heterocycles. The van der Waals surface area contributed by atoms with E-state index < -0.39 is 0 Å². The standard InChI is InChI=1S/C32H38N4O4/c1-5-34(6-2)32(39)28-22-26(33-30(37)24-12-15-27(40-4)16-13-24)14-17-29(28)35-18-7-19-36(21-20-35)31(38)25-10-8-23(3)9-11-25/h8-17,22H,5-7,18-21H2,1-4H3,(H,33,37). The summed E-state index contributed by atoms with van der Waals surface area (Å²) in [6.07, 6.45) is 0.784. The van der Waals surface area contributed by atoms with Crippen LogP contribution < -0.4 is 15.0 Å². The van der Waals surface area contributed by atoms with Gasteiger partial charge in [0.2, 0.25) is 0 Å². The van der Waals surface area contributed by atoms with Crippen molar-refractivity contribution in [1.82, 2.24) is 9.80 Å². The normalized spacial score (nSPS) is 13.4. The lowest BCUT2D eigenvalue weighted by Gasteiger charge is -2.28. The van der Waals surface area contributed by atoms with Gasteiger partial charge in [0.1, 0.15) is 5.75 Å². The predicted octanol–water partition coefficient (Wildman–Crippen LogP) is 5.09. The summed E-state index contributed by atoms with van der Waals surface area (Å²) >= 11 is 0. The van der Waals surface area contributed by atoms with E-state index in [2.05, 4.69) is 10.2 Å². The highest BCUT2D eigenvalue weighted by molar-refractivity contribution is 6.06. The number of anilines is 2. The number of nitrogens with zero attached hydrogens (tertiary/aromatic N) is 3. The summed E-state index contributed by atoms with van der Waals surface area (Å²) in [6.45, 7) is 9.60. The van der Waals surface area contributed by atoms with Crippen molar-refractivity contribution in [3.63, 3.8) is 0 Å². The van der Waals surface area contributed by atoms with Crippen LogP contribution in [0.2, 0.25) is 0 Å². The molecule has 40 heavy (non-hydrogen) atoms. The zero-order valence-corrected chi connectivity index (χ0v) is 23.8. The smallest absolute Gasteiger partial charge is 0.256 e. The number of carbonyl (C=O) groups is 3. The number of carbonyl (C=O) groups excluding carboxylic acids is 3. The molecule has 4 rings (SSSR count). The number of ether oxygens (including phenoxy) is 1. The van der Waals surface area contributed by atoms with Crippen LogP contribution in [0.5, 0.6) is 5.75 Å². The van der Waals surface area contributed by atoms with Crippen LogP contribution in [0, 0.1) is 6.92 Å². The van der Waals surface area contributed by atoms with E-state index in [1.165, 1.54) is 0 Å². The van der Waals surface area contributed by atoms with Gasteiger partial charge in [-0.3, -0.25) is 14.4 Å². The maximum Gasteiger partial charge on any atom is 0.256 e. The highest BCUT2D eigenvalue weighted by Gasteiger charge is 2.25. The zero-order valence-electron chi connectivity index (χ0n) is 23.8. The largest absolute Gasteiger partial charge is 0.497 e. The Balaban J connectivity index is 1.56. The van der Waals surface area contributed by atoms with Crippen LogP contribution in [-0.2, 0) is 0 Å². The second kappa shape index (κ2) is 13.2. The van der Waals surface area contributed by atoms with Gasteiger partial charge in [-0.2, -0.15) is 0 Å². The molecule has 1 N–H and O–H groups in total. The lowest BCUT2D eigenvalue weighted by molar-refractivity contribution is 0.0760. The Bertz CT molecular complexity index is 1330. The molecule has 1 aliphatic heterocycles. The molecule has 0 atom stereocenters. The third kappa shape index (κ3) is 6.62. The summed E-state index contributed by atoms with van der Waals surface area (Å²) in [7, 11) is 1.58. The summed E-state index contributed by atoms with van der Waals surface area (Å²) in [5.74, 6) is 0.344. The Morgan fingerprint density at radius 3 is 2.17 bits per heavy atom. The topological polar surface area (TPSA) is 82.2 Å². The Labute approximate surface area is 236 Å². The number of benzene rings is 3. The van der Waals surface area contributed by atoms with Gasteiger partial charge in [0.05, 0.1) is 12.7 Å². The van der Waals surface area contributed by atoms with Crippen LogP contribution in [0.1, 0.15) is 56.9 Å². The molecule has 1 fully saturated rings. The van der Waals surface area contributed by atoms with Gasteiger partial charge in [0.15, 0.2) is 0 Å². The molecule has 0 unspecified atom stereocenters. The molecular formula is C32H38N4O4. The van der Waals surface area contributed by atoms with E-state index in [0.717, 1.165) is 17.7 Å². The summed E-state index contributed by atoms with van der Waals surface area (Å²) in [5, 5.41) is 2.93. The maximum absolute atomic E-state index is 13.6. The first-order valence-electron chi connectivity index (χ1n) is 13.8. The van der Waals surface area contributed by atoms with Crippen molar-refractivity contribution >= 4 is 29.1 Å². The Morgan fingerprint density at radius 2 is 1.52 bits per heavy atom. The fourth-order valence-corrected chi connectivity index (χ4v) is 4.93. The highest BCUT2D eigenvalue weighted by atomic mass is 16.5. The number of methoxy groups -OCH3 is 1. The fraction of sp³-hybridized carbons (Fsp3) is 0.344. The van der Waals surface area contributed by atoms with E-state index in [4.69, 9.17) is 4.74 Å². The molecule has 8 nitrogen and oxygen atoms in total. The van der Waals surface area contributed by atoms with Gasteiger partial charge < -0.3 is 24.8 Å². The van der Waals surface area contributed by atoms with Crippen LogP contribution in [0.15, 0.2) is 66.7 Å². The van der Waals surface area contributed by atoms with E-state index >= 15 is 0 Å². The second-order valence-electron chi connectivity index (χ2n) is 9.89. The molecule has 3 aromatic rings. The lowest BCUT2D eigenvalue weighted by Crippen LogP contribution is -2.36. The molecule has 1 aliphatic rings. The average Bonchev–Trinajstić information content (AvgIpc) is 3.24. The van der Waals surface area contributed by atoms with Crippen molar-refractivity contribution < 1.29 is 19.1 Å². The van der Waals surface area contributed by atoms with Crippen LogP contribution in [0.25, 0.3) is 0 Å². The van der Waals surface area contributed by atoms with Crippen molar-refractivity contribution in [1.29, 1.82) is 0 Å². The van der Waals surface area contributed by atoms with Gasteiger partial charge in [-0.25, -0.2) is 0 Å². The summed E-state index contributed by atoms with van der Waals surface area (Å²) in [6, 6.07) is 20.0. The Kier molecular flexibility index (Phi) is 9.43. The molecule has 0 bridgehead atoms. The molecule has 0 aliphatic carbocycles. The van der Waals surface area contributed by atoms with E-state index in [1.54, 1.807) is 42.3 Å². The van der Waals surface area contributed by atoms with E-state index in [1.807, 2.05) is 62.1 Å². The second-order valence-corrected chi connectivity index (χ2v) is 9.89. The highest BCUT2D eigenvalue weighted by Crippen LogP contribution is 2.28. The quantitative estimate of drug-likeness (QED) is 0.429. The van der Waals surface area contributed by atoms with E-state index in [-0.39, 0.29) is 17.7 Å². The number of hydrogen-bond donors (Lipinski definition) is 1. The predicted molar refractivity (Wildman–Crippen MR) is 159 cm³/mol. The third-order valence-electron chi connectivity index (χ3n) is 7.31. The summed E-state index contributed by atoms with van der Waals surface area (Å²) < 4.78 is 5.18. The van der Waals surface area contributed by atoms with Crippen LogP contribution in [-0.4, -0.2) is 73.9 Å². The Hall–Kier alpha value is -4.33. The van der Waals surface area contributed by atoms with E-state index in [9.17, 15) is 14.4 Å². The first-order valence-corrected chi connectivity index (χ1v) is 13.8. The minimum atomic E-state index is -0.267. The number of rotatable bonds is 8. The number of nitrogens with one attached hydrogen (secondary N) is 1. The van der Waals surface area contributed by atoms with Crippen molar-refractivity contribution in [3.8, 4) is 5.75 Å². The summed E-state index contributed by atoms with van der Waals surface area (Å²) in [4.78, 5) is 45.5. The fourth-order valence-electron chi connectivity index (χ4n) is 4.93. The van der Waals surface area contributed by atoms with E-state index in [0.29, 0.717) is 67.4 Å². The summed E-state index contributed by atoms with van der Waals surface area (Å²) in [5.41, 5.74) is 4.19. The SMILES string of the molecule is CCN(CC)C(=O)c1cc(NC(=O)c2ccc(OC)cc2)ccc1N1CCCN(C(=O)c2ccc(C)cc2)CC1. The minimum absolute atomic E-state index is 0.0258. The van der Waals surface area contributed by atoms with Crippen molar-refractivity contribution in [2.24, 2.45) is 0 Å². The molecule has 0 radical (unpaired) electrons. The maximum atomic E-state index is 13.6. The molecule has 3 aromatic carbocycles. The zero-order chi connectivity index (χ0) is 28.6. The molecule has 0 spiro atoms. The van der Waals surface area contributed by atoms with Crippen LogP contribution in [0.4, 0.5) is 11.4 Å². The monoisotopic (exact) mass is 542 g/mol. The van der Waals surface area contributed by atoms with Crippen LogP contribution >= 0.6 is 0 Å². The molecule has 1 saturated heterocycles. The molecule has 0 aromatic heterocycles. The van der Waals surface area contributed by atoms with Gasteiger partial charge in [-0.05, 0) is 81.8 Å². The lowest BCUT2D eigenvalue weighted by atomic mass is 10.1. The average molecular weight is 543 g/mol.